The van der Waals surface area contributed by atoms with Gasteiger partial charge in [-0.1, -0.05) is 47.2 Å². The summed E-state index contributed by atoms with van der Waals surface area (Å²) in [5.74, 6) is -0.369. The molecule has 3 aromatic rings. The monoisotopic (exact) mass is 431 g/mol. The second-order valence-electron chi connectivity index (χ2n) is 6.35. The topological polar surface area (TPSA) is 104 Å². The predicted octanol–water partition coefficient (Wildman–Crippen LogP) is 2.51. The predicted molar refractivity (Wildman–Crippen MR) is 114 cm³/mol. The minimum atomic E-state index is -3.81. The molecule has 152 valence electrons. The van der Waals surface area contributed by atoms with Gasteiger partial charge in [0.1, 0.15) is 0 Å². The van der Waals surface area contributed by atoms with E-state index < -0.39 is 10.0 Å². The van der Waals surface area contributed by atoms with Crippen molar-refractivity contribution in [1.82, 2.24) is 14.9 Å². The van der Waals surface area contributed by atoms with E-state index in [1.54, 1.807) is 18.2 Å². The molecule has 1 heterocycles. The Bertz CT molecular complexity index is 1080. The third-order valence-corrected chi connectivity index (χ3v) is 6.74. The van der Waals surface area contributed by atoms with Crippen molar-refractivity contribution in [2.24, 2.45) is 0 Å². The highest BCUT2D eigenvalue weighted by molar-refractivity contribution is 7.91. The number of para-hydroxylation sites is 1. The van der Waals surface area contributed by atoms with Gasteiger partial charge in [-0.25, -0.2) is 13.1 Å². The molecule has 0 fully saturated rings. The minimum absolute atomic E-state index is 0.123. The second kappa shape index (κ2) is 9.12. The lowest BCUT2D eigenvalue weighted by atomic mass is 10.1. The van der Waals surface area contributed by atoms with Gasteiger partial charge in [0.15, 0.2) is 0 Å². The maximum Gasteiger partial charge on any atom is 0.269 e. The zero-order chi connectivity index (χ0) is 20.9. The number of nitrogens with zero attached hydrogens (tertiary/aromatic N) is 3. The molecule has 0 bridgehead atoms. The highest BCUT2D eigenvalue weighted by atomic mass is 32.2. The fourth-order valence-electron chi connectivity index (χ4n) is 2.55. The highest BCUT2D eigenvalue weighted by Gasteiger charge is 2.21. The smallest absolute Gasteiger partial charge is 0.269 e. The van der Waals surface area contributed by atoms with Crippen LogP contribution in [0.5, 0.6) is 0 Å². The lowest BCUT2D eigenvalue weighted by molar-refractivity contribution is 0.102. The molecule has 8 nitrogen and oxygen atoms in total. The van der Waals surface area contributed by atoms with Crippen molar-refractivity contribution in [3.05, 3.63) is 65.7 Å². The molecule has 1 amide bonds. The second-order valence-corrected chi connectivity index (χ2v) is 9.27. The van der Waals surface area contributed by atoms with Crippen molar-refractivity contribution in [3.63, 3.8) is 0 Å². The van der Waals surface area contributed by atoms with E-state index in [0.29, 0.717) is 12.1 Å². The summed E-state index contributed by atoms with van der Waals surface area (Å²) >= 11 is 0.804. The normalized spacial score (nSPS) is 11.2. The number of hydrogen-bond donors (Lipinski definition) is 2. The molecule has 0 radical (unpaired) electrons. The van der Waals surface area contributed by atoms with Crippen LogP contribution in [0.3, 0.4) is 0 Å². The SMILES string of the molecule is Cc1cccc(C(=O)Nc2nnc(S(=O)(=O)NCCN(C)c3ccccc3)s2)c1. The zero-order valence-electron chi connectivity index (χ0n) is 16.0. The molecule has 0 unspecified atom stereocenters. The molecular formula is C19H21N5O3S2. The van der Waals surface area contributed by atoms with Crippen LogP contribution in [-0.2, 0) is 10.0 Å². The van der Waals surface area contributed by atoms with E-state index in [1.807, 2.05) is 55.3 Å². The van der Waals surface area contributed by atoms with Gasteiger partial charge in [-0.05, 0) is 31.2 Å². The Balaban J connectivity index is 1.57. The van der Waals surface area contributed by atoms with Crippen molar-refractivity contribution < 1.29 is 13.2 Å². The van der Waals surface area contributed by atoms with E-state index in [0.717, 1.165) is 22.6 Å². The van der Waals surface area contributed by atoms with E-state index in [-0.39, 0.29) is 21.9 Å². The largest absolute Gasteiger partial charge is 0.373 e. The molecule has 0 saturated carbocycles. The van der Waals surface area contributed by atoms with Crippen molar-refractivity contribution in [3.8, 4) is 0 Å². The standard InChI is InChI=1S/C19H21N5O3S2/c1-14-7-6-8-15(13-14)17(25)21-18-22-23-19(28-18)29(26,27)20-11-12-24(2)16-9-4-3-5-10-16/h3-10,13,20H,11-12H2,1-2H3,(H,21,22,25). The summed E-state index contributed by atoms with van der Waals surface area (Å²) < 4.78 is 27.2. The number of sulfonamides is 1. The maximum atomic E-state index is 12.4. The number of rotatable bonds is 8. The van der Waals surface area contributed by atoms with Gasteiger partial charge in [0.25, 0.3) is 15.9 Å². The summed E-state index contributed by atoms with van der Waals surface area (Å²) in [6.45, 7) is 2.57. The van der Waals surface area contributed by atoms with Crippen LogP contribution >= 0.6 is 11.3 Å². The first-order valence-electron chi connectivity index (χ1n) is 8.82. The molecule has 2 aromatic carbocycles. The van der Waals surface area contributed by atoms with Crippen molar-refractivity contribution in [2.45, 2.75) is 11.3 Å². The van der Waals surface area contributed by atoms with Crippen LogP contribution in [0.2, 0.25) is 0 Å². The van der Waals surface area contributed by atoms with E-state index >= 15 is 0 Å². The summed E-state index contributed by atoms with van der Waals surface area (Å²) in [6, 6.07) is 16.7. The molecule has 0 aliphatic rings. The summed E-state index contributed by atoms with van der Waals surface area (Å²) in [7, 11) is -1.93. The average molecular weight is 432 g/mol. The van der Waals surface area contributed by atoms with Crippen LogP contribution in [-0.4, -0.2) is 44.7 Å². The van der Waals surface area contributed by atoms with Crippen LogP contribution in [0.25, 0.3) is 0 Å². The first-order valence-corrected chi connectivity index (χ1v) is 11.1. The minimum Gasteiger partial charge on any atom is -0.373 e. The lowest BCUT2D eigenvalue weighted by Crippen LogP contribution is -2.33. The third-order valence-electron chi connectivity index (χ3n) is 4.07. The van der Waals surface area contributed by atoms with Gasteiger partial charge >= 0.3 is 0 Å². The molecule has 1 aromatic heterocycles. The molecule has 10 heteroatoms. The van der Waals surface area contributed by atoms with Crippen LogP contribution in [0.15, 0.2) is 58.9 Å². The third kappa shape index (κ3) is 5.59. The van der Waals surface area contributed by atoms with Crippen molar-refractivity contribution >= 4 is 38.1 Å². The number of nitrogens with one attached hydrogen (secondary N) is 2. The number of carbonyl (C=O) groups excluding carboxylic acids is 1. The Labute approximate surface area is 173 Å². The fourth-order valence-corrected chi connectivity index (χ4v) is 4.50. The molecule has 3 rings (SSSR count). The Morgan fingerprint density at radius 1 is 1.10 bits per heavy atom. The molecule has 0 saturated heterocycles. The van der Waals surface area contributed by atoms with Crippen LogP contribution in [0.1, 0.15) is 15.9 Å². The Hall–Kier alpha value is -2.82. The number of likely N-dealkylation sites (N-methyl/N-ethyl adjacent to an activating group) is 1. The lowest BCUT2D eigenvalue weighted by Gasteiger charge is -2.19. The molecular weight excluding hydrogens is 410 g/mol. The summed E-state index contributed by atoms with van der Waals surface area (Å²) in [5.41, 5.74) is 2.40. The fraction of sp³-hybridized carbons (Fsp3) is 0.211. The Morgan fingerprint density at radius 2 is 1.86 bits per heavy atom. The van der Waals surface area contributed by atoms with Crippen molar-refractivity contribution in [1.29, 1.82) is 0 Å². The van der Waals surface area contributed by atoms with Crippen molar-refractivity contribution in [2.75, 3.05) is 30.4 Å². The molecule has 0 spiro atoms. The number of anilines is 2. The van der Waals surface area contributed by atoms with Gasteiger partial charge in [0, 0.05) is 31.4 Å². The molecule has 2 N–H and O–H groups in total. The van der Waals surface area contributed by atoms with E-state index in [2.05, 4.69) is 20.2 Å². The quantitative estimate of drug-likeness (QED) is 0.531. The van der Waals surface area contributed by atoms with Gasteiger partial charge in [-0.2, -0.15) is 0 Å². The Kier molecular flexibility index (Phi) is 6.57. The number of aromatic nitrogens is 2. The molecule has 29 heavy (non-hydrogen) atoms. The van der Waals surface area contributed by atoms with Crippen LogP contribution < -0.4 is 14.9 Å². The van der Waals surface area contributed by atoms with Crippen LogP contribution in [0.4, 0.5) is 10.8 Å². The van der Waals surface area contributed by atoms with Gasteiger partial charge in [-0.3, -0.25) is 10.1 Å². The van der Waals surface area contributed by atoms with E-state index in [9.17, 15) is 13.2 Å². The summed E-state index contributed by atoms with van der Waals surface area (Å²) in [4.78, 5) is 14.2. The number of aryl methyl sites for hydroxylation is 1. The number of hydrogen-bond acceptors (Lipinski definition) is 7. The molecule has 0 aliphatic carbocycles. The number of amides is 1. The number of benzene rings is 2. The molecule has 0 atom stereocenters. The Morgan fingerprint density at radius 3 is 2.59 bits per heavy atom. The first-order chi connectivity index (χ1) is 13.8. The first kappa shape index (κ1) is 20.9. The van der Waals surface area contributed by atoms with E-state index in [4.69, 9.17) is 0 Å². The van der Waals surface area contributed by atoms with Gasteiger partial charge in [0.05, 0.1) is 0 Å². The average Bonchev–Trinajstić information content (AvgIpc) is 3.18. The summed E-state index contributed by atoms with van der Waals surface area (Å²) in [6.07, 6.45) is 0. The molecule has 0 aliphatic heterocycles. The summed E-state index contributed by atoms with van der Waals surface area (Å²) in [5, 5.41) is 10.2. The van der Waals surface area contributed by atoms with E-state index in [1.165, 1.54) is 0 Å². The van der Waals surface area contributed by atoms with Gasteiger partial charge in [-0.15, -0.1) is 10.2 Å². The van der Waals surface area contributed by atoms with Gasteiger partial charge in [0.2, 0.25) is 9.47 Å². The number of carbonyl (C=O) groups is 1. The van der Waals surface area contributed by atoms with Crippen LogP contribution in [0, 0.1) is 6.92 Å². The zero-order valence-corrected chi connectivity index (χ0v) is 17.6. The highest BCUT2D eigenvalue weighted by Crippen LogP contribution is 2.20. The maximum absolute atomic E-state index is 12.4. The van der Waals surface area contributed by atoms with Gasteiger partial charge < -0.3 is 4.90 Å².